The van der Waals surface area contributed by atoms with E-state index in [0.29, 0.717) is 11.4 Å². The van der Waals surface area contributed by atoms with Crippen molar-refractivity contribution < 1.29 is 4.79 Å². The molecule has 1 aromatic carbocycles. The van der Waals surface area contributed by atoms with Crippen LogP contribution in [0.1, 0.15) is 5.56 Å². The van der Waals surface area contributed by atoms with Crippen molar-refractivity contribution in [2.24, 2.45) is 0 Å². The van der Waals surface area contributed by atoms with Crippen molar-refractivity contribution in [3.63, 3.8) is 0 Å². The van der Waals surface area contributed by atoms with Crippen LogP contribution < -0.4 is 16.6 Å². The molecule has 0 fully saturated rings. The van der Waals surface area contributed by atoms with Crippen molar-refractivity contribution >= 4 is 33.2 Å². The van der Waals surface area contributed by atoms with E-state index in [9.17, 15) is 9.59 Å². The summed E-state index contributed by atoms with van der Waals surface area (Å²) >= 11 is 3.27. The molecule has 0 saturated heterocycles. The van der Waals surface area contributed by atoms with E-state index in [1.807, 2.05) is 6.92 Å². The van der Waals surface area contributed by atoms with Gasteiger partial charge in [0.05, 0.1) is 0 Å². The van der Waals surface area contributed by atoms with Crippen molar-refractivity contribution in [3.05, 3.63) is 56.9 Å². The molecular weight excluding hydrogens is 322 g/mol. The van der Waals surface area contributed by atoms with E-state index in [-0.39, 0.29) is 18.0 Å². The summed E-state index contributed by atoms with van der Waals surface area (Å²) in [7, 11) is 0. The zero-order chi connectivity index (χ0) is 14.7. The highest BCUT2D eigenvalue weighted by molar-refractivity contribution is 9.10. The van der Waals surface area contributed by atoms with Crippen LogP contribution in [0.25, 0.3) is 0 Å². The van der Waals surface area contributed by atoms with Crippen molar-refractivity contribution in [1.82, 2.24) is 4.57 Å². The van der Waals surface area contributed by atoms with Crippen LogP contribution in [0.15, 0.2) is 45.8 Å². The third kappa shape index (κ3) is 3.48. The summed E-state index contributed by atoms with van der Waals surface area (Å²) < 4.78 is 2.08. The maximum atomic E-state index is 12.0. The topological polar surface area (TPSA) is 77.1 Å². The molecule has 0 radical (unpaired) electrons. The van der Waals surface area contributed by atoms with Gasteiger partial charge in [-0.1, -0.05) is 0 Å². The zero-order valence-electron chi connectivity index (χ0n) is 10.9. The van der Waals surface area contributed by atoms with Gasteiger partial charge in [-0.2, -0.15) is 0 Å². The smallest absolute Gasteiger partial charge is 0.251 e. The highest BCUT2D eigenvalue weighted by Crippen LogP contribution is 2.17. The van der Waals surface area contributed by atoms with Crippen molar-refractivity contribution in [2.75, 3.05) is 11.1 Å². The fourth-order valence-corrected chi connectivity index (χ4v) is 2.18. The Hall–Kier alpha value is -2.08. The highest BCUT2D eigenvalue weighted by atomic mass is 79.9. The first-order valence-corrected chi connectivity index (χ1v) is 6.77. The molecule has 6 heteroatoms. The number of aryl methyl sites for hydroxylation is 1. The lowest BCUT2D eigenvalue weighted by atomic mass is 10.2. The molecule has 20 heavy (non-hydrogen) atoms. The number of halogens is 1. The number of rotatable bonds is 3. The minimum Gasteiger partial charge on any atom is -0.399 e. The first-order valence-electron chi connectivity index (χ1n) is 5.97. The van der Waals surface area contributed by atoms with E-state index in [1.165, 1.54) is 10.6 Å². The van der Waals surface area contributed by atoms with Crippen LogP contribution in [0.3, 0.4) is 0 Å². The molecule has 1 aromatic heterocycles. The van der Waals surface area contributed by atoms with E-state index >= 15 is 0 Å². The number of hydrogen-bond acceptors (Lipinski definition) is 3. The third-order valence-corrected chi connectivity index (χ3v) is 3.25. The van der Waals surface area contributed by atoms with Gasteiger partial charge in [0, 0.05) is 28.1 Å². The number of amides is 1. The Morgan fingerprint density at radius 2 is 2.10 bits per heavy atom. The standard InChI is InChI=1S/C14H14BrN3O2/c1-9-6-11(16)3-4-12(9)17-13(19)8-18-7-10(15)2-5-14(18)20/h2-7H,8,16H2,1H3,(H,17,19). The lowest BCUT2D eigenvalue weighted by molar-refractivity contribution is -0.116. The summed E-state index contributed by atoms with van der Waals surface area (Å²) in [4.78, 5) is 23.6. The van der Waals surface area contributed by atoms with Crippen LogP contribution in [0.2, 0.25) is 0 Å². The number of carbonyl (C=O) groups is 1. The van der Waals surface area contributed by atoms with Gasteiger partial charge in [0.25, 0.3) is 5.56 Å². The molecule has 0 spiro atoms. The minimum absolute atomic E-state index is 0.0396. The maximum absolute atomic E-state index is 12.0. The van der Waals surface area contributed by atoms with Crippen molar-refractivity contribution in [3.8, 4) is 0 Å². The first-order chi connectivity index (χ1) is 9.45. The second-order valence-electron chi connectivity index (χ2n) is 4.44. The fraction of sp³-hybridized carbons (Fsp3) is 0.143. The number of nitrogens with one attached hydrogen (secondary N) is 1. The Balaban J connectivity index is 2.13. The van der Waals surface area contributed by atoms with Gasteiger partial charge >= 0.3 is 0 Å². The van der Waals surface area contributed by atoms with Crippen LogP contribution in [-0.2, 0) is 11.3 Å². The molecule has 0 bridgehead atoms. The second-order valence-corrected chi connectivity index (χ2v) is 5.35. The summed E-state index contributed by atoms with van der Waals surface area (Å²) in [6, 6.07) is 8.29. The number of hydrogen-bond donors (Lipinski definition) is 2. The van der Waals surface area contributed by atoms with Gasteiger partial charge in [-0.25, -0.2) is 0 Å². The van der Waals surface area contributed by atoms with E-state index in [2.05, 4.69) is 21.2 Å². The fourth-order valence-electron chi connectivity index (χ4n) is 1.80. The molecule has 0 aliphatic heterocycles. The van der Waals surface area contributed by atoms with Gasteiger partial charge in [0.15, 0.2) is 0 Å². The van der Waals surface area contributed by atoms with Crippen LogP contribution in [0.4, 0.5) is 11.4 Å². The lowest BCUT2D eigenvalue weighted by Crippen LogP contribution is -2.26. The molecule has 0 atom stereocenters. The summed E-state index contributed by atoms with van der Waals surface area (Å²) in [6.07, 6.45) is 1.58. The number of nitrogens with zero attached hydrogens (tertiary/aromatic N) is 1. The summed E-state index contributed by atoms with van der Waals surface area (Å²) in [5.41, 5.74) is 7.63. The van der Waals surface area contributed by atoms with E-state index in [0.717, 1.165) is 10.0 Å². The van der Waals surface area contributed by atoms with Gasteiger partial charge < -0.3 is 15.6 Å². The van der Waals surface area contributed by atoms with E-state index < -0.39 is 0 Å². The second kappa shape index (κ2) is 5.92. The number of nitrogen functional groups attached to an aromatic ring is 1. The van der Waals surface area contributed by atoms with Gasteiger partial charge in [0.2, 0.25) is 5.91 Å². The van der Waals surface area contributed by atoms with Crippen molar-refractivity contribution in [1.29, 1.82) is 0 Å². The van der Waals surface area contributed by atoms with Gasteiger partial charge in [0.1, 0.15) is 6.54 Å². The Morgan fingerprint density at radius 3 is 2.80 bits per heavy atom. The predicted molar refractivity (Wildman–Crippen MR) is 82.6 cm³/mol. The van der Waals surface area contributed by atoms with Gasteiger partial charge in [-0.3, -0.25) is 9.59 Å². The van der Waals surface area contributed by atoms with Gasteiger partial charge in [-0.15, -0.1) is 0 Å². The first kappa shape index (κ1) is 14.3. The number of anilines is 2. The molecule has 0 aliphatic rings. The third-order valence-electron chi connectivity index (χ3n) is 2.79. The minimum atomic E-state index is -0.266. The normalized spacial score (nSPS) is 10.3. The van der Waals surface area contributed by atoms with Crippen LogP contribution >= 0.6 is 15.9 Å². The number of benzene rings is 1. The van der Waals surface area contributed by atoms with Crippen LogP contribution in [-0.4, -0.2) is 10.5 Å². The molecular formula is C14H14BrN3O2. The molecule has 3 N–H and O–H groups in total. The molecule has 0 aliphatic carbocycles. The number of pyridine rings is 1. The highest BCUT2D eigenvalue weighted by Gasteiger charge is 2.07. The molecule has 0 saturated carbocycles. The Kier molecular flexibility index (Phi) is 4.24. The Morgan fingerprint density at radius 1 is 1.35 bits per heavy atom. The summed E-state index contributed by atoms with van der Waals surface area (Å²) in [5, 5.41) is 2.76. The zero-order valence-corrected chi connectivity index (χ0v) is 12.5. The monoisotopic (exact) mass is 335 g/mol. The number of aromatic nitrogens is 1. The summed E-state index contributed by atoms with van der Waals surface area (Å²) in [5.74, 6) is -0.266. The van der Waals surface area contributed by atoms with E-state index in [4.69, 9.17) is 5.73 Å². The van der Waals surface area contributed by atoms with Crippen LogP contribution in [0, 0.1) is 6.92 Å². The molecule has 104 valence electrons. The SMILES string of the molecule is Cc1cc(N)ccc1NC(=O)Cn1cc(Br)ccc1=O. The van der Waals surface area contributed by atoms with Crippen molar-refractivity contribution in [2.45, 2.75) is 13.5 Å². The van der Waals surface area contributed by atoms with Gasteiger partial charge in [-0.05, 0) is 52.7 Å². The average Bonchev–Trinajstić information content (AvgIpc) is 2.37. The lowest BCUT2D eigenvalue weighted by Gasteiger charge is -2.10. The predicted octanol–water partition coefficient (Wildman–Crippen LogP) is 2.14. The number of carbonyl (C=O) groups excluding carboxylic acids is 1. The summed E-state index contributed by atoms with van der Waals surface area (Å²) in [6.45, 7) is 1.82. The maximum Gasteiger partial charge on any atom is 0.251 e. The molecule has 2 rings (SSSR count). The van der Waals surface area contributed by atoms with E-state index in [1.54, 1.807) is 30.5 Å². The molecule has 2 aromatic rings. The Bertz CT molecular complexity index is 710. The van der Waals surface area contributed by atoms with Crippen LogP contribution in [0.5, 0.6) is 0 Å². The number of nitrogens with two attached hydrogens (primary N) is 1. The quantitative estimate of drug-likeness (QED) is 0.843. The average molecular weight is 336 g/mol. The largest absolute Gasteiger partial charge is 0.399 e. The molecule has 5 nitrogen and oxygen atoms in total. The Labute approximate surface area is 124 Å². The molecule has 1 amide bonds. The molecule has 0 unspecified atom stereocenters. The molecule has 1 heterocycles.